The van der Waals surface area contributed by atoms with E-state index >= 15 is 0 Å². The van der Waals surface area contributed by atoms with E-state index in [1.165, 1.54) is 37.8 Å². The Kier molecular flexibility index (Phi) is 5.06. The summed E-state index contributed by atoms with van der Waals surface area (Å²) in [4.78, 5) is 2.54. The van der Waals surface area contributed by atoms with E-state index in [9.17, 15) is 0 Å². The molecule has 1 aromatic carbocycles. The van der Waals surface area contributed by atoms with Crippen LogP contribution in [0.15, 0.2) is 30.3 Å². The number of likely N-dealkylation sites (tertiary alicyclic amines) is 1. The van der Waals surface area contributed by atoms with Gasteiger partial charge in [0.15, 0.2) is 0 Å². The summed E-state index contributed by atoms with van der Waals surface area (Å²) < 4.78 is 6.30. The van der Waals surface area contributed by atoms with Gasteiger partial charge in [0.25, 0.3) is 0 Å². The fourth-order valence-electron chi connectivity index (χ4n) is 3.32. The Labute approximate surface area is 122 Å². The Morgan fingerprint density at radius 1 is 1.10 bits per heavy atom. The number of hydrogen-bond donors (Lipinski definition) is 1. The summed E-state index contributed by atoms with van der Waals surface area (Å²) in [6, 6.07) is 10.8. The molecule has 2 saturated heterocycles. The van der Waals surface area contributed by atoms with E-state index in [2.05, 4.69) is 40.5 Å². The number of hydrogen-bond acceptors (Lipinski definition) is 3. The number of benzene rings is 1. The van der Waals surface area contributed by atoms with E-state index in [0.29, 0.717) is 12.2 Å². The molecule has 3 heteroatoms. The van der Waals surface area contributed by atoms with Crippen LogP contribution in [-0.4, -0.2) is 43.3 Å². The molecule has 3 rings (SSSR count). The highest BCUT2D eigenvalue weighted by Gasteiger charge is 2.24. The molecule has 2 heterocycles. The molecule has 2 aliphatic heterocycles. The van der Waals surface area contributed by atoms with Gasteiger partial charge in [0.1, 0.15) is 0 Å². The van der Waals surface area contributed by atoms with Crippen LogP contribution in [0.1, 0.15) is 31.2 Å². The smallest absolute Gasteiger partial charge is 0.0707 e. The molecule has 0 radical (unpaired) electrons. The normalized spacial score (nSPS) is 28.4. The van der Waals surface area contributed by atoms with E-state index in [0.717, 1.165) is 26.2 Å². The lowest BCUT2D eigenvalue weighted by atomic mass is 10.1. The number of piperidine rings is 2. The topological polar surface area (TPSA) is 24.5 Å². The molecule has 2 fully saturated rings. The van der Waals surface area contributed by atoms with Gasteiger partial charge < -0.3 is 10.1 Å². The van der Waals surface area contributed by atoms with Crippen molar-refractivity contribution in [1.29, 1.82) is 0 Å². The molecule has 2 aliphatic rings. The summed E-state index contributed by atoms with van der Waals surface area (Å²) in [5, 5.41) is 3.44. The van der Waals surface area contributed by atoms with E-state index < -0.39 is 0 Å². The first kappa shape index (κ1) is 14.1. The number of nitrogens with zero attached hydrogens (tertiary/aromatic N) is 1. The zero-order valence-corrected chi connectivity index (χ0v) is 12.3. The molecule has 0 saturated carbocycles. The lowest BCUT2D eigenvalue weighted by Gasteiger charge is -2.35. The Morgan fingerprint density at radius 2 is 1.95 bits per heavy atom. The van der Waals surface area contributed by atoms with Crippen molar-refractivity contribution in [3.05, 3.63) is 35.9 Å². The molecule has 3 nitrogen and oxygen atoms in total. The van der Waals surface area contributed by atoms with Crippen LogP contribution in [0, 0.1) is 0 Å². The maximum Gasteiger partial charge on any atom is 0.0707 e. The van der Waals surface area contributed by atoms with Gasteiger partial charge in [-0.3, -0.25) is 4.90 Å². The van der Waals surface area contributed by atoms with Gasteiger partial charge in [-0.1, -0.05) is 30.3 Å². The minimum absolute atomic E-state index is 0.428. The lowest BCUT2D eigenvalue weighted by Crippen LogP contribution is -2.44. The van der Waals surface area contributed by atoms with E-state index in [1.54, 1.807) is 0 Å². The quantitative estimate of drug-likeness (QED) is 0.912. The largest absolute Gasteiger partial charge is 0.372 e. The van der Waals surface area contributed by atoms with Gasteiger partial charge in [-0.15, -0.1) is 0 Å². The van der Waals surface area contributed by atoms with Gasteiger partial charge in [-0.2, -0.15) is 0 Å². The Balaban J connectivity index is 1.48. The third-order valence-electron chi connectivity index (χ3n) is 4.35. The van der Waals surface area contributed by atoms with Crippen LogP contribution in [0.5, 0.6) is 0 Å². The standard InChI is InChI=1S/C17H26N2O/c1-2-6-15(7-3-1)13-19-11-5-9-17(14-19)20-16-8-4-10-18-12-16/h1-3,6-7,16-18H,4-5,8-14H2. The summed E-state index contributed by atoms with van der Waals surface area (Å²) in [6.07, 6.45) is 5.83. The maximum atomic E-state index is 6.30. The maximum absolute atomic E-state index is 6.30. The molecule has 2 atom stereocenters. The fraction of sp³-hybridized carbons (Fsp3) is 0.647. The predicted molar refractivity (Wildman–Crippen MR) is 81.7 cm³/mol. The summed E-state index contributed by atoms with van der Waals surface area (Å²) in [5.41, 5.74) is 1.41. The predicted octanol–water partition coefficient (Wildman–Crippen LogP) is 2.42. The highest BCUT2D eigenvalue weighted by atomic mass is 16.5. The van der Waals surface area contributed by atoms with E-state index in [-0.39, 0.29) is 0 Å². The first-order valence-corrected chi connectivity index (χ1v) is 8.02. The minimum atomic E-state index is 0.428. The third kappa shape index (κ3) is 4.05. The van der Waals surface area contributed by atoms with E-state index in [1.807, 2.05) is 0 Å². The molecule has 1 N–H and O–H groups in total. The SMILES string of the molecule is c1ccc(CN2CCCC(OC3CCCNC3)C2)cc1. The number of rotatable bonds is 4. The minimum Gasteiger partial charge on any atom is -0.372 e. The van der Waals surface area contributed by atoms with Crippen LogP contribution in [0.3, 0.4) is 0 Å². The van der Waals surface area contributed by atoms with Gasteiger partial charge in [-0.05, 0) is 44.3 Å². The second-order valence-corrected chi connectivity index (χ2v) is 6.09. The van der Waals surface area contributed by atoms with Crippen molar-refractivity contribution in [3.8, 4) is 0 Å². The number of ether oxygens (including phenoxy) is 1. The zero-order chi connectivity index (χ0) is 13.6. The second kappa shape index (κ2) is 7.21. The lowest BCUT2D eigenvalue weighted by molar-refractivity contribution is -0.0565. The highest BCUT2D eigenvalue weighted by Crippen LogP contribution is 2.19. The molecule has 0 aliphatic carbocycles. The Hall–Kier alpha value is -0.900. The van der Waals surface area contributed by atoms with Gasteiger partial charge in [0.05, 0.1) is 12.2 Å². The molecule has 0 aromatic heterocycles. The molecule has 0 bridgehead atoms. The molecule has 20 heavy (non-hydrogen) atoms. The average Bonchev–Trinajstić information content (AvgIpc) is 2.50. The fourth-order valence-corrected chi connectivity index (χ4v) is 3.32. The molecule has 0 spiro atoms. The molecular formula is C17H26N2O. The molecule has 1 aromatic rings. The Morgan fingerprint density at radius 3 is 2.75 bits per heavy atom. The van der Waals surface area contributed by atoms with Crippen molar-refractivity contribution in [1.82, 2.24) is 10.2 Å². The summed E-state index contributed by atoms with van der Waals surface area (Å²) in [6.45, 7) is 5.55. The Bertz CT molecular complexity index is 389. The van der Waals surface area contributed by atoms with Crippen molar-refractivity contribution in [2.45, 2.75) is 44.4 Å². The van der Waals surface area contributed by atoms with Gasteiger partial charge >= 0.3 is 0 Å². The van der Waals surface area contributed by atoms with Crippen molar-refractivity contribution >= 4 is 0 Å². The zero-order valence-electron chi connectivity index (χ0n) is 12.3. The average molecular weight is 274 g/mol. The summed E-state index contributed by atoms with van der Waals surface area (Å²) in [7, 11) is 0. The van der Waals surface area contributed by atoms with E-state index in [4.69, 9.17) is 4.74 Å². The molecule has 110 valence electrons. The van der Waals surface area contributed by atoms with Crippen LogP contribution in [0.2, 0.25) is 0 Å². The van der Waals surface area contributed by atoms with Crippen molar-refractivity contribution in [2.75, 3.05) is 26.2 Å². The monoisotopic (exact) mass is 274 g/mol. The number of nitrogens with one attached hydrogen (secondary N) is 1. The van der Waals surface area contributed by atoms with Crippen LogP contribution in [0.4, 0.5) is 0 Å². The summed E-state index contributed by atoms with van der Waals surface area (Å²) >= 11 is 0. The van der Waals surface area contributed by atoms with Gasteiger partial charge in [0.2, 0.25) is 0 Å². The van der Waals surface area contributed by atoms with Crippen LogP contribution < -0.4 is 5.32 Å². The summed E-state index contributed by atoms with van der Waals surface area (Å²) in [5.74, 6) is 0. The molecule has 2 unspecified atom stereocenters. The van der Waals surface area contributed by atoms with Crippen molar-refractivity contribution in [2.24, 2.45) is 0 Å². The van der Waals surface area contributed by atoms with Crippen LogP contribution in [-0.2, 0) is 11.3 Å². The molecular weight excluding hydrogens is 248 g/mol. The molecule has 0 amide bonds. The second-order valence-electron chi connectivity index (χ2n) is 6.09. The first-order valence-electron chi connectivity index (χ1n) is 8.02. The van der Waals surface area contributed by atoms with Crippen molar-refractivity contribution in [3.63, 3.8) is 0 Å². The van der Waals surface area contributed by atoms with Crippen LogP contribution in [0.25, 0.3) is 0 Å². The first-order chi connectivity index (χ1) is 9.90. The van der Waals surface area contributed by atoms with Crippen molar-refractivity contribution < 1.29 is 4.74 Å². The van der Waals surface area contributed by atoms with Gasteiger partial charge in [0, 0.05) is 19.6 Å². The highest BCUT2D eigenvalue weighted by molar-refractivity contribution is 5.14. The van der Waals surface area contributed by atoms with Gasteiger partial charge in [-0.25, -0.2) is 0 Å². The van der Waals surface area contributed by atoms with Crippen LogP contribution >= 0.6 is 0 Å². The third-order valence-corrected chi connectivity index (χ3v) is 4.35.